The molecule has 1 aromatic carbocycles. The first kappa shape index (κ1) is 13.1. The number of benzene rings is 1. The van der Waals surface area contributed by atoms with Crippen molar-refractivity contribution in [1.82, 2.24) is 14.9 Å². The first-order chi connectivity index (χ1) is 8.49. The third-order valence-electron chi connectivity index (χ3n) is 3.33. The lowest BCUT2D eigenvalue weighted by Gasteiger charge is -2.07. The van der Waals surface area contributed by atoms with Gasteiger partial charge in [-0.1, -0.05) is 33.8 Å². The maximum Gasteiger partial charge on any atom is 0.123 e. The zero-order chi connectivity index (χ0) is 13.3. The Morgan fingerprint density at radius 1 is 1.22 bits per heavy atom. The molecular formula is C15H23N3. The van der Waals surface area contributed by atoms with Crippen molar-refractivity contribution in [3.05, 3.63) is 29.6 Å². The van der Waals surface area contributed by atoms with E-state index in [4.69, 9.17) is 4.98 Å². The molecule has 1 aromatic heterocycles. The molecule has 0 aliphatic carbocycles. The van der Waals surface area contributed by atoms with Gasteiger partial charge in [-0.2, -0.15) is 0 Å². The quantitative estimate of drug-likeness (QED) is 0.896. The second-order valence-electron chi connectivity index (χ2n) is 5.53. The Bertz CT molecular complexity index is 538. The molecule has 0 amide bonds. The van der Waals surface area contributed by atoms with E-state index in [0.29, 0.717) is 12.0 Å². The molecule has 2 rings (SSSR count). The Morgan fingerprint density at radius 3 is 2.56 bits per heavy atom. The predicted octanol–water partition coefficient (Wildman–Crippen LogP) is 3.19. The van der Waals surface area contributed by atoms with Crippen LogP contribution in [0, 0.1) is 0 Å². The zero-order valence-corrected chi connectivity index (χ0v) is 12.0. The van der Waals surface area contributed by atoms with E-state index in [1.54, 1.807) is 0 Å². The van der Waals surface area contributed by atoms with Gasteiger partial charge < -0.3 is 9.88 Å². The molecule has 18 heavy (non-hydrogen) atoms. The molecular weight excluding hydrogens is 222 g/mol. The second-order valence-corrected chi connectivity index (χ2v) is 5.53. The lowest BCUT2D eigenvalue weighted by molar-refractivity contribution is 0.563. The summed E-state index contributed by atoms with van der Waals surface area (Å²) in [5, 5.41) is 3.42. The molecule has 0 aliphatic heterocycles. The SMILES string of the molecule is CC(C)NCc1nc2cc(C(C)C)ccc2n1C. The molecule has 0 spiro atoms. The third-order valence-corrected chi connectivity index (χ3v) is 3.33. The van der Waals surface area contributed by atoms with Crippen LogP contribution in [-0.4, -0.2) is 15.6 Å². The van der Waals surface area contributed by atoms with Crippen molar-refractivity contribution in [2.45, 2.75) is 46.2 Å². The highest BCUT2D eigenvalue weighted by Crippen LogP contribution is 2.21. The number of nitrogens with zero attached hydrogens (tertiary/aromatic N) is 2. The fourth-order valence-electron chi connectivity index (χ4n) is 2.08. The van der Waals surface area contributed by atoms with Gasteiger partial charge in [-0.3, -0.25) is 0 Å². The third kappa shape index (κ3) is 2.56. The summed E-state index contributed by atoms with van der Waals surface area (Å²) in [5.74, 6) is 1.65. The number of hydrogen-bond acceptors (Lipinski definition) is 2. The van der Waals surface area contributed by atoms with E-state index in [0.717, 1.165) is 17.9 Å². The van der Waals surface area contributed by atoms with Gasteiger partial charge in [0.25, 0.3) is 0 Å². The van der Waals surface area contributed by atoms with Gasteiger partial charge in [0.05, 0.1) is 17.6 Å². The van der Waals surface area contributed by atoms with E-state index < -0.39 is 0 Å². The van der Waals surface area contributed by atoms with Crippen LogP contribution in [0.15, 0.2) is 18.2 Å². The van der Waals surface area contributed by atoms with Crippen molar-refractivity contribution in [1.29, 1.82) is 0 Å². The number of nitrogens with one attached hydrogen (secondary N) is 1. The molecule has 1 heterocycles. The molecule has 2 aromatic rings. The molecule has 0 aliphatic rings. The lowest BCUT2D eigenvalue weighted by atomic mass is 10.0. The summed E-state index contributed by atoms with van der Waals surface area (Å²) in [6, 6.07) is 7.07. The number of imidazole rings is 1. The fourth-order valence-corrected chi connectivity index (χ4v) is 2.08. The largest absolute Gasteiger partial charge is 0.330 e. The standard InChI is InChI=1S/C15H23N3/c1-10(2)12-6-7-14-13(8-12)17-15(18(14)5)9-16-11(3)4/h6-8,10-11,16H,9H2,1-5H3. The van der Waals surface area contributed by atoms with Gasteiger partial charge in [-0.15, -0.1) is 0 Å². The van der Waals surface area contributed by atoms with Crippen molar-refractivity contribution in [3.8, 4) is 0 Å². The van der Waals surface area contributed by atoms with Gasteiger partial charge >= 0.3 is 0 Å². The average molecular weight is 245 g/mol. The molecule has 0 saturated heterocycles. The smallest absolute Gasteiger partial charge is 0.123 e. The van der Waals surface area contributed by atoms with Crippen LogP contribution in [-0.2, 0) is 13.6 Å². The average Bonchev–Trinajstić information content (AvgIpc) is 2.63. The van der Waals surface area contributed by atoms with Crippen LogP contribution < -0.4 is 5.32 Å². The van der Waals surface area contributed by atoms with Gasteiger partial charge in [0, 0.05) is 13.1 Å². The predicted molar refractivity (Wildman–Crippen MR) is 76.8 cm³/mol. The molecule has 0 atom stereocenters. The highest BCUT2D eigenvalue weighted by Gasteiger charge is 2.09. The summed E-state index contributed by atoms with van der Waals surface area (Å²) >= 11 is 0. The van der Waals surface area contributed by atoms with E-state index >= 15 is 0 Å². The normalized spacial score (nSPS) is 11.9. The first-order valence-electron chi connectivity index (χ1n) is 6.67. The van der Waals surface area contributed by atoms with Crippen LogP contribution in [0.2, 0.25) is 0 Å². The number of fused-ring (bicyclic) bond motifs is 1. The Hall–Kier alpha value is -1.35. The van der Waals surface area contributed by atoms with Crippen molar-refractivity contribution in [2.24, 2.45) is 7.05 Å². The molecule has 3 nitrogen and oxygen atoms in total. The van der Waals surface area contributed by atoms with Gasteiger partial charge in [0.2, 0.25) is 0 Å². The van der Waals surface area contributed by atoms with E-state index in [1.807, 2.05) is 0 Å². The summed E-state index contributed by atoms with van der Waals surface area (Å²) in [7, 11) is 2.09. The van der Waals surface area contributed by atoms with Crippen LogP contribution in [0.1, 0.15) is 45.0 Å². The minimum absolute atomic E-state index is 0.482. The molecule has 0 saturated carbocycles. The highest BCUT2D eigenvalue weighted by atomic mass is 15.1. The fraction of sp³-hybridized carbons (Fsp3) is 0.533. The molecule has 98 valence electrons. The zero-order valence-electron chi connectivity index (χ0n) is 12.0. The van der Waals surface area contributed by atoms with Gasteiger partial charge in [0.15, 0.2) is 0 Å². The van der Waals surface area contributed by atoms with Gasteiger partial charge in [0.1, 0.15) is 5.82 Å². The molecule has 0 unspecified atom stereocenters. The lowest BCUT2D eigenvalue weighted by Crippen LogP contribution is -2.23. The van der Waals surface area contributed by atoms with E-state index in [-0.39, 0.29) is 0 Å². The van der Waals surface area contributed by atoms with Crippen molar-refractivity contribution in [3.63, 3.8) is 0 Å². The van der Waals surface area contributed by atoms with Crippen LogP contribution in [0.4, 0.5) is 0 Å². The molecule has 0 fully saturated rings. The monoisotopic (exact) mass is 245 g/mol. The maximum absolute atomic E-state index is 4.73. The summed E-state index contributed by atoms with van der Waals surface area (Å²) in [6.07, 6.45) is 0. The van der Waals surface area contributed by atoms with Crippen LogP contribution in [0.25, 0.3) is 11.0 Å². The summed E-state index contributed by atoms with van der Waals surface area (Å²) in [5.41, 5.74) is 3.66. The molecule has 0 bridgehead atoms. The summed E-state index contributed by atoms with van der Waals surface area (Å²) in [6.45, 7) is 9.55. The number of aromatic nitrogens is 2. The van der Waals surface area contributed by atoms with E-state index in [9.17, 15) is 0 Å². The van der Waals surface area contributed by atoms with Crippen molar-refractivity contribution < 1.29 is 0 Å². The van der Waals surface area contributed by atoms with E-state index in [1.165, 1.54) is 11.1 Å². The Balaban J connectivity index is 2.36. The van der Waals surface area contributed by atoms with E-state index in [2.05, 4.69) is 62.8 Å². The minimum atomic E-state index is 0.482. The van der Waals surface area contributed by atoms with Gasteiger partial charge in [-0.05, 0) is 23.6 Å². The Kier molecular flexibility index (Phi) is 3.71. The molecule has 3 heteroatoms. The first-order valence-corrected chi connectivity index (χ1v) is 6.67. The van der Waals surface area contributed by atoms with Crippen molar-refractivity contribution >= 4 is 11.0 Å². The number of rotatable bonds is 4. The Labute approximate surface area is 109 Å². The van der Waals surface area contributed by atoms with Crippen LogP contribution in [0.3, 0.4) is 0 Å². The van der Waals surface area contributed by atoms with Crippen LogP contribution >= 0.6 is 0 Å². The number of aryl methyl sites for hydroxylation is 1. The maximum atomic E-state index is 4.73. The highest BCUT2D eigenvalue weighted by molar-refractivity contribution is 5.77. The summed E-state index contributed by atoms with van der Waals surface area (Å²) < 4.78 is 2.18. The minimum Gasteiger partial charge on any atom is -0.330 e. The number of hydrogen-bond donors (Lipinski definition) is 1. The van der Waals surface area contributed by atoms with Crippen molar-refractivity contribution in [2.75, 3.05) is 0 Å². The summed E-state index contributed by atoms with van der Waals surface area (Å²) in [4.78, 5) is 4.73. The van der Waals surface area contributed by atoms with Gasteiger partial charge in [-0.25, -0.2) is 4.98 Å². The topological polar surface area (TPSA) is 29.9 Å². The molecule has 1 N–H and O–H groups in total. The Morgan fingerprint density at radius 2 is 1.94 bits per heavy atom. The van der Waals surface area contributed by atoms with Crippen LogP contribution in [0.5, 0.6) is 0 Å². The second kappa shape index (κ2) is 5.11. The molecule has 0 radical (unpaired) electrons.